The van der Waals surface area contributed by atoms with E-state index in [4.69, 9.17) is 0 Å². The molecule has 0 radical (unpaired) electrons. The fourth-order valence-electron chi connectivity index (χ4n) is 3.51. The molecule has 1 aliphatic carbocycles. The Morgan fingerprint density at radius 2 is 1.78 bits per heavy atom. The van der Waals surface area contributed by atoms with Crippen LogP contribution in [0, 0.1) is 0 Å². The van der Waals surface area contributed by atoms with Gasteiger partial charge in [-0.1, -0.05) is 25.0 Å². The normalized spacial score (nSPS) is 18.9. The van der Waals surface area contributed by atoms with Crippen LogP contribution < -0.4 is 10.6 Å². The number of hydrogen-bond donors (Lipinski definition) is 2. The van der Waals surface area contributed by atoms with Gasteiger partial charge in [0.15, 0.2) is 0 Å². The number of halogens is 3. The van der Waals surface area contributed by atoms with Crippen LogP contribution in [-0.4, -0.2) is 34.8 Å². The molecular weight excluding hydrogens is 363 g/mol. The van der Waals surface area contributed by atoms with E-state index < -0.39 is 23.3 Å². The van der Waals surface area contributed by atoms with Crippen LogP contribution in [0.2, 0.25) is 0 Å². The lowest BCUT2D eigenvalue weighted by atomic mass is 9.98. The molecule has 1 spiro atoms. The third-order valence-corrected chi connectivity index (χ3v) is 5.04. The molecule has 27 heavy (non-hydrogen) atoms. The van der Waals surface area contributed by atoms with Gasteiger partial charge in [0.25, 0.3) is 5.91 Å². The van der Waals surface area contributed by atoms with Gasteiger partial charge >= 0.3 is 12.2 Å². The quantitative estimate of drug-likeness (QED) is 0.767. The van der Waals surface area contributed by atoms with Gasteiger partial charge in [-0.3, -0.25) is 14.5 Å². The lowest BCUT2D eigenvalue weighted by molar-refractivity contribution is -0.137. The van der Waals surface area contributed by atoms with Gasteiger partial charge < -0.3 is 10.6 Å². The van der Waals surface area contributed by atoms with E-state index in [1.165, 1.54) is 12.1 Å². The van der Waals surface area contributed by atoms with E-state index in [1.54, 1.807) is 0 Å². The highest BCUT2D eigenvalue weighted by Crippen LogP contribution is 2.35. The second-order valence-electron chi connectivity index (χ2n) is 6.90. The summed E-state index contributed by atoms with van der Waals surface area (Å²) >= 11 is 0. The Hall–Kier alpha value is -2.58. The van der Waals surface area contributed by atoms with E-state index in [9.17, 15) is 27.6 Å². The molecule has 3 rings (SSSR count). The summed E-state index contributed by atoms with van der Waals surface area (Å²) in [5, 5.41) is 5.32. The van der Waals surface area contributed by atoms with Crippen LogP contribution in [0.4, 0.5) is 18.0 Å². The number of urea groups is 1. The van der Waals surface area contributed by atoms with Crippen molar-refractivity contribution < 1.29 is 27.6 Å². The molecule has 1 saturated carbocycles. The summed E-state index contributed by atoms with van der Waals surface area (Å²) in [5.41, 5.74) is -1.03. The van der Waals surface area contributed by atoms with Gasteiger partial charge in [-0.05, 0) is 30.5 Å². The zero-order valence-corrected chi connectivity index (χ0v) is 14.6. The predicted octanol–water partition coefficient (Wildman–Crippen LogP) is 2.58. The fraction of sp³-hybridized carbons (Fsp3) is 0.500. The second-order valence-corrected chi connectivity index (χ2v) is 6.90. The molecule has 9 heteroatoms. The summed E-state index contributed by atoms with van der Waals surface area (Å²) in [6.07, 6.45) is -1.46. The van der Waals surface area contributed by atoms with Gasteiger partial charge in [-0.25, -0.2) is 4.79 Å². The van der Waals surface area contributed by atoms with Gasteiger partial charge in [0.05, 0.1) is 5.56 Å². The maximum Gasteiger partial charge on any atom is 0.416 e. The smallest absolute Gasteiger partial charge is 0.352 e. The molecule has 146 valence electrons. The summed E-state index contributed by atoms with van der Waals surface area (Å²) in [4.78, 5) is 37.5. The number of carbonyl (C=O) groups is 3. The standard InChI is InChI=1S/C18H20F3N3O3/c19-18(20,21)13-5-3-12(4-6-13)11-22-14(25)7-10-24-15(26)17(23-16(24)27)8-1-2-9-17/h3-6H,1-2,7-11H2,(H,22,25)(H,23,27). The van der Waals surface area contributed by atoms with Gasteiger partial charge in [0, 0.05) is 19.5 Å². The lowest BCUT2D eigenvalue weighted by Crippen LogP contribution is -2.44. The van der Waals surface area contributed by atoms with Crippen molar-refractivity contribution in [3.8, 4) is 0 Å². The number of rotatable bonds is 5. The number of amides is 4. The first kappa shape index (κ1) is 19.2. The molecule has 1 aromatic carbocycles. The number of hydrogen-bond acceptors (Lipinski definition) is 3. The van der Waals surface area contributed by atoms with Crippen LogP contribution >= 0.6 is 0 Å². The molecule has 0 aromatic heterocycles. The lowest BCUT2D eigenvalue weighted by Gasteiger charge is -2.19. The summed E-state index contributed by atoms with van der Waals surface area (Å²) in [6.45, 7) is 0.0479. The molecule has 1 aromatic rings. The van der Waals surface area contributed by atoms with Crippen LogP contribution in [0.15, 0.2) is 24.3 Å². The van der Waals surface area contributed by atoms with E-state index >= 15 is 0 Å². The van der Waals surface area contributed by atoms with Crippen molar-refractivity contribution in [2.75, 3.05) is 6.54 Å². The Morgan fingerprint density at radius 3 is 2.37 bits per heavy atom. The van der Waals surface area contributed by atoms with E-state index in [0.717, 1.165) is 29.9 Å². The largest absolute Gasteiger partial charge is 0.416 e. The van der Waals surface area contributed by atoms with Crippen LogP contribution in [0.25, 0.3) is 0 Å². The molecule has 0 unspecified atom stereocenters. The third kappa shape index (κ3) is 4.06. The first-order chi connectivity index (χ1) is 12.7. The average molecular weight is 383 g/mol. The first-order valence-electron chi connectivity index (χ1n) is 8.78. The van der Waals surface area contributed by atoms with Gasteiger partial charge in [0.2, 0.25) is 5.91 Å². The molecule has 2 N–H and O–H groups in total. The number of carbonyl (C=O) groups excluding carboxylic acids is 3. The minimum Gasteiger partial charge on any atom is -0.352 e. The van der Waals surface area contributed by atoms with E-state index in [2.05, 4.69) is 10.6 Å². The molecule has 6 nitrogen and oxygen atoms in total. The number of nitrogens with one attached hydrogen (secondary N) is 2. The van der Waals surface area contributed by atoms with E-state index in [-0.39, 0.29) is 31.3 Å². The Bertz CT molecular complexity index is 740. The minimum absolute atomic E-state index is 0.0226. The molecule has 2 aliphatic rings. The van der Waals surface area contributed by atoms with Crippen LogP contribution in [0.3, 0.4) is 0 Å². The first-order valence-corrected chi connectivity index (χ1v) is 8.78. The van der Waals surface area contributed by atoms with Crippen LogP contribution in [0.1, 0.15) is 43.2 Å². The van der Waals surface area contributed by atoms with Crippen molar-refractivity contribution >= 4 is 17.8 Å². The SMILES string of the molecule is O=C(CCN1C(=O)NC2(CCCC2)C1=O)NCc1ccc(C(F)(F)F)cc1. The van der Waals surface area contributed by atoms with Gasteiger partial charge in [-0.15, -0.1) is 0 Å². The molecule has 2 fully saturated rings. The Kier molecular flexibility index (Phi) is 5.12. The Labute approximate surface area is 154 Å². The molecule has 1 heterocycles. The Balaban J connectivity index is 1.47. The molecule has 0 bridgehead atoms. The van der Waals surface area contributed by atoms with Crippen molar-refractivity contribution in [3.63, 3.8) is 0 Å². The molecule has 4 amide bonds. The zero-order valence-electron chi connectivity index (χ0n) is 14.6. The molecular formula is C18H20F3N3O3. The molecule has 0 atom stereocenters. The van der Waals surface area contributed by atoms with Crippen LogP contribution in [0.5, 0.6) is 0 Å². The van der Waals surface area contributed by atoms with Gasteiger partial charge in [0.1, 0.15) is 5.54 Å². The summed E-state index contributed by atoms with van der Waals surface area (Å²) in [7, 11) is 0. The van der Waals surface area contributed by atoms with Crippen molar-refractivity contribution in [1.29, 1.82) is 0 Å². The average Bonchev–Trinajstić information content (AvgIpc) is 3.17. The molecule has 1 saturated heterocycles. The third-order valence-electron chi connectivity index (χ3n) is 5.04. The summed E-state index contributed by atoms with van der Waals surface area (Å²) < 4.78 is 37.6. The summed E-state index contributed by atoms with van der Waals surface area (Å²) in [5.74, 6) is -0.664. The fourth-order valence-corrected chi connectivity index (χ4v) is 3.51. The number of nitrogens with zero attached hydrogens (tertiary/aromatic N) is 1. The summed E-state index contributed by atoms with van der Waals surface area (Å²) in [6, 6.07) is 4.03. The van der Waals surface area contributed by atoms with E-state index in [0.29, 0.717) is 18.4 Å². The highest BCUT2D eigenvalue weighted by atomic mass is 19.4. The van der Waals surface area contributed by atoms with E-state index in [1.807, 2.05) is 0 Å². The Morgan fingerprint density at radius 1 is 1.15 bits per heavy atom. The van der Waals surface area contributed by atoms with Gasteiger partial charge in [-0.2, -0.15) is 13.2 Å². The van der Waals surface area contributed by atoms with Crippen molar-refractivity contribution in [2.45, 2.75) is 50.4 Å². The predicted molar refractivity (Wildman–Crippen MR) is 89.4 cm³/mol. The second kappa shape index (κ2) is 7.21. The maximum absolute atomic E-state index is 12.5. The van der Waals surface area contributed by atoms with Crippen LogP contribution in [-0.2, 0) is 22.3 Å². The number of imide groups is 1. The zero-order chi connectivity index (χ0) is 19.7. The van der Waals surface area contributed by atoms with Crippen molar-refractivity contribution in [1.82, 2.24) is 15.5 Å². The molecule has 1 aliphatic heterocycles. The van der Waals surface area contributed by atoms with Crippen molar-refractivity contribution in [3.05, 3.63) is 35.4 Å². The maximum atomic E-state index is 12.5. The number of benzene rings is 1. The number of alkyl halides is 3. The highest BCUT2D eigenvalue weighted by Gasteiger charge is 2.52. The topological polar surface area (TPSA) is 78.5 Å². The minimum atomic E-state index is -4.40. The monoisotopic (exact) mass is 383 g/mol. The van der Waals surface area contributed by atoms with Crippen molar-refractivity contribution in [2.24, 2.45) is 0 Å². The highest BCUT2D eigenvalue weighted by molar-refractivity contribution is 6.07.